The van der Waals surface area contributed by atoms with Gasteiger partial charge in [0.2, 0.25) is 0 Å². The van der Waals surface area contributed by atoms with Crippen LogP contribution < -0.4 is 0 Å². The first-order chi connectivity index (χ1) is 8.68. The van der Waals surface area contributed by atoms with Crippen LogP contribution in [0.3, 0.4) is 0 Å². The van der Waals surface area contributed by atoms with Gasteiger partial charge in [-0.25, -0.2) is 0 Å². The summed E-state index contributed by atoms with van der Waals surface area (Å²) in [5.41, 5.74) is 6.80. The molecule has 0 amide bonds. The summed E-state index contributed by atoms with van der Waals surface area (Å²) in [5, 5.41) is 0. The molecular formula is C17H15Br. The Labute approximate surface area is 116 Å². The van der Waals surface area contributed by atoms with Crippen LogP contribution >= 0.6 is 15.9 Å². The Kier molecular flexibility index (Phi) is 2.87. The maximum absolute atomic E-state index is 3.75. The van der Waals surface area contributed by atoms with Gasteiger partial charge in [-0.1, -0.05) is 64.5 Å². The second kappa shape index (κ2) is 4.40. The van der Waals surface area contributed by atoms with Crippen molar-refractivity contribution in [3.05, 3.63) is 74.8 Å². The lowest BCUT2D eigenvalue weighted by atomic mass is 9.89. The minimum Gasteiger partial charge on any atom is -0.0720 e. The van der Waals surface area contributed by atoms with E-state index < -0.39 is 0 Å². The van der Waals surface area contributed by atoms with E-state index in [0.29, 0.717) is 5.92 Å². The van der Waals surface area contributed by atoms with Crippen LogP contribution in [0.2, 0.25) is 0 Å². The summed E-state index contributed by atoms with van der Waals surface area (Å²) in [6, 6.07) is 13.0. The van der Waals surface area contributed by atoms with Crippen molar-refractivity contribution in [2.75, 3.05) is 0 Å². The molecule has 0 fully saturated rings. The zero-order valence-corrected chi connectivity index (χ0v) is 12.2. The Balaban J connectivity index is 2.19. The summed E-state index contributed by atoms with van der Waals surface area (Å²) >= 11 is 3.75. The number of benzene rings is 2. The van der Waals surface area contributed by atoms with Crippen LogP contribution in [0.1, 0.15) is 33.7 Å². The molecule has 0 heterocycles. The standard InChI is InChI=1S/C17H15Br/c1-11-5-3-4-6-14(11)15-10-9-13-8-7-12(2)17(18)16(13)15/h3-10,15H,1-2H3. The smallest absolute Gasteiger partial charge is 0.0292 e. The van der Waals surface area contributed by atoms with Crippen LogP contribution in [-0.2, 0) is 0 Å². The van der Waals surface area contributed by atoms with Crippen LogP contribution in [0.25, 0.3) is 6.08 Å². The maximum Gasteiger partial charge on any atom is 0.0292 e. The van der Waals surface area contributed by atoms with Gasteiger partial charge in [0.25, 0.3) is 0 Å². The van der Waals surface area contributed by atoms with Gasteiger partial charge in [0.05, 0.1) is 0 Å². The van der Waals surface area contributed by atoms with E-state index in [-0.39, 0.29) is 0 Å². The summed E-state index contributed by atoms with van der Waals surface area (Å²) in [6.07, 6.45) is 4.54. The quantitative estimate of drug-likeness (QED) is 0.677. The largest absolute Gasteiger partial charge is 0.0720 e. The van der Waals surface area contributed by atoms with Gasteiger partial charge >= 0.3 is 0 Å². The van der Waals surface area contributed by atoms with E-state index in [9.17, 15) is 0 Å². The van der Waals surface area contributed by atoms with Crippen LogP contribution in [0, 0.1) is 13.8 Å². The molecule has 1 aliphatic rings. The first-order valence-electron chi connectivity index (χ1n) is 6.21. The Hall–Kier alpha value is -1.34. The maximum atomic E-state index is 3.75. The molecule has 2 aromatic carbocycles. The molecule has 1 unspecified atom stereocenters. The number of fused-ring (bicyclic) bond motifs is 1. The predicted molar refractivity (Wildman–Crippen MR) is 80.9 cm³/mol. The lowest BCUT2D eigenvalue weighted by Gasteiger charge is -2.17. The minimum atomic E-state index is 0.385. The predicted octanol–water partition coefficient (Wildman–Crippen LogP) is 5.22. The van der Waals surface area contributed by atoms with Gasteiger partial charge in [-0.2, -0.15) is 0 Å². The number of rotatable bonds is 1. The van der Waals surface area contributed by atoms with Crippen LogP contribution in [0.5, 0.6) is 0 Å². The number of aryl methyl sites for hydroxylation is 2. The highest BCUT2D eigenvalue weighted by atomic mass is 79.9. The fraction of sp³-hybridized carbons (Fsp3) is 0.176. The zero-order valence-electron chi connectivity index (χ0n) is 10.6. The molecule has 0 saturated heterocycles. The molecule has 90 valence electrons. The number of halogens is 1. The van der Waals surface area contributed by atoms with Crippen LogP contribution in [0.15, 0.2) is 46.9 Å². The molecule has 1 heteroatoms. The summed E-state index contributed by atoms with van der Waals surface area (Å²) in [6.45, 7) is 4.34. The Bertz CT molecular complexity index is 638. The van der Waals surface area contributed by atoms with E-state index in [2.05, 4.69) is 78.3 Å². The van der Waals surface area contributed by atoms with Crippen molar-refractivity contribution in [1.82, 2.24) is 0 Å². The highest BCUT2D eigenvalue weighted by Crippen LogP contribution is 2.41. The van der Waals surface area contributed by atoms with Gasteiger partial charge in [-0.15, -0.1) is 0 Å². The lowest BCUT2D eigenvalue weighted by Crippen LogP contribution is -2.00. The van der Waals surface area contributed by atoms with Gasteiger partial charge in [-0.3, -0.25) is 0 Å². The number of hydrogen-bond acceptors (Lipinski definition) is 0. The normalized spacial score (nSPS) is 16.9. The number of allylic oxidation sites excluding steroid dienone is 1. The van der Waals surface area contributed by atoms with Crippen LogP contribution in [0.4, 0.5) is 0 Å². The second-order valence-electron chi connectivity index (χ2n) is 4.89. The topological polar surface area (TPSA) is 0 Å². The average molecular weight is 299 g/mol. The minimum absolute atomic E-state index is 0.385. The Morgan fingerprint density at radius 1 is 0.944 bits per heavy atom. The summed E-state index contributed by atoms with van der Waals surface area (Å²) in [5.74, 6) is 0.385. The fourth-order valence-electron chi connectivity index (χ4n) is 2.67. The summed E-state index contributed by atoms with van der Waals surface area (Å²) in [4.78, 5) is 0. The molecule has 2 aromatic rings. The Morgan fingerprint density at radius 2 is 1.72 bits per heavy atom. The molecular weight excluding hydrogens is 284 g/mol. The van der Waals surface area contributed by atoms with Crippen molar-refractivity contribution in [3.8, 4) is 0 Å². The SMILES string of the molecule is Cc1ccccc1C1C=Cc2ccc(C)c(Br)c21. The van der Waals surface area contributed by atoms with E-state index in [4.69, 9.17) is 0 Å². The Morgan fingerprint density at radius 3 is 2.50 bits per heavy atom. The monoisotopic (exact) mass is 298 g/mol. The van der Waals surface area contributed by atoms with E-state index in [1.54, 1.807) is 0 Å². The molecule has 1 atom stereocenters. The second-order valence-corrected chi connectivity index (χ2v) is 5.69. The molecule has 0 saturated carbocycles. The van der Waals surface area contributed by atoms with E-state index >= 15 is 0 Å². The van der Waals surface area contributed by atoms with E-state index in [0.717, 1.165) is 0 Å². The molecule has 0 aliphatic heterocycles. The lowest BCUT2D eigenvalue weighted by molar-refractivity contribution is 1.02. The first kappa shape index (κ1) is 11.7. The highest BCUT2D eigenvalue weighted by molar-refractivity contribution is 9.10. The third-order valence-corrected chi connectivity index (χ3v) is 4.76. The van der Waals surface area contributed by atoms with Crippen molar-refractivity contribution in [2.24, 2.45) is 0 Å². The van der Waals surface area contributed by atoms with Gasteiger partial charge < -0.3 is 0 Å². The van der Waals surface area contributed by atoms with E-state index in [1.165, 1.54) is 32.3 Å². The summed E-state index contributed by atoms with van der Waals surface area (Å²) in [7, 11) is 0. The van der Waals surface area contributed by atoms with Gasteiger partial charge in [0.15, 0.2) is 0 Å². The molecule has 3 rings (SSSR count). The molecule has 0 spiro atoms. The van der Waals surface area contributed by atoms with Crippen molar-refractivity contribution < 1.29 is 0 Å². The molecule has 0 nitrogen and oxygen atoms in total. The third kappa shape index (κ3) is 1.74. The molecule has 0 radical (unpaired) electrons. The van der Waals surface area contributed by atoms with E-state index in [1.807, 2.05) is 0 Å². The molecule has 0 bridgehead atoms. The van der Waals surface area contributed by atoms with Gasteiger partial charge in [-0.05, 0) is 41.7 Å². The average Bonchev–Trinajstić information content (AvgIpc) is 2.79. The van der Waals surface area contributed by atoms with Gasteiger partial charge in [0, 0.05) is 10.4 Å². The van der Waals surface area contributed by atoms with Crippen molar-refractivity contribution in [1.29, 1.82) is 0 Å². The summed E-state index contributed by atoms with van der Waals surface area (Å²) < 4.78 is 1.25. The van der Waals surface area contributed by atoms with Crippen molar-refractivity contribution >= 4 is 22.0 Å². The zero-order chi connectivity index (χ0) is 12.7. The molecule has 0 N–H and O–H groups in total. The van der Waals surface area contributed by atoms with Crippen LogP contribution in [-0.4, -0.2) is 0 Å². The highest BCUT2D eigenvalue weighted by Gasteiger charge is 2.23. The number of hydrogen-bond donors (Lipinski definition) is 0. The first-order valence-corrected chi connectivity index (χ1v) is 7.00. The molecule has 0 aromatic heterocycles. The third-order valence-electron chi connectivity index (χ3n) is 3.71. The fourth-order valence-corrected chi connectivity index (χ4v) is 3.28. The van der Waals surface area contributed by atoms with Gasteiger partial charge in [0.1, 0.15) is 0 Å². The van der Waals surface area contributed by atoms with Crippen molar-refractivity contribution in [2.45, 2.75) is 19.8 Å². The molecule has 1 aliphatic carbocycles. The van der Waals surface area contributed by atoms with Crippen molar-refractivity contribution in [3.63, 3.8) is 0 Å². The molecule has 18 heavy (non-hydrogen) atoms.